The lowest BCUT2D eigenvalue weighted by Gasteiger charge is -2.34. The first-order chi connectivity index (χ1) is 10.0. The number of halogens is 1. The fourth-order valence-corrected chi connectivity index (χ4v) is 4.10. The maximum absolute atomic E-state index is 12.4. The number of nitrogens with one attached hydrogen (secondary N) is 1. The number of allylic oxidation sites excluding steroid dienone is 1. The number of carbonyl (C=O) groups is 2. The van der Waals surface area contributed by atoms with Gasteiger partial charge in [0.15, 0.2) is 0 Å². The highest BCUT2D eigenvalue weighted by Crippen LogP contribution is 2.39. The molecule has 1 atom stereocenters. The fraction of sp³-hybridized carbons (Fsp3) is 0.429. The van der Waals surface area contributed by atoms with E-state index in [1.807, 2.05) is 18.4 Å². The minimum Gasteiger partial charge on any atom is -0.466 e. The van der Waals surface area contributed by atoms with Crippen LogP contribution in [-0.2, 0) is 9.53 Å². The molecular formula is C14H15BrN2O3S. The molecular weight excluding hydrogens is 356 g/mol. The molecule has 1 aromatic rings. The molecule has 2 amide bonds. The van der Waals surface area contributed by atoms with Crippen molar-refractivity contribution in [1.29, 1.82) is 0 Å². The van der Waals surface area contributed by atoms with Gasteiger partial charge in [0.2, 0.25) is 0 Å². The molecule has 3 rings (SSSR count). The summed E-state index contributed by atoms with van der Waals surface area (Å²) in [5.41, 5.74) is 1.21. The number of methoxy groups -OCH3 is 1. The van der Waals surface area contributed by atoms with Crippen molar-refractivity contribution in [2.24, 2.45) is 0 Å². The van der Waals surface area contributed by atoms with Gasteiger partial charge in [0, 0.05) is 26.5 Å². The number of hydrogen-bond acceptors (Lipinski definition) is 4. The minimum atomic E-state index is -0.448. The maximum Gasteiger partial charge on any atom is 0.338 e. The molecule has 0 radical (unpaired) electrons. The first-order valence-electron chi connectivity index (χ1n) is 6.65. The average Bonchev–Trinajstić information content (AvgIpc) is 3.18. The second kappa shape index (κ2) is 5.46. The van der Waals surface area contributed by atoms with E-state index in [0.29, 0.717) is 11.3 Å². The van der Waals surface area contributed by atoms with Crippen LogP contribution in [0.1, 0.15) is 30.7 Å². The first kappa shape index (κ1) is 14.6. The number of urea groups is 1. The molecule has 1 aliphatic carbocycles. The highest BCUT2D eigenvalue weighted by atomic mass is 79.9. The highest BCUT2D eigenvalue weighted by molar-refractivity contribution is 9.10. The van der Waals surface area contributed by atoms with Crippen molar-refractivity contribution in [2.45, 2.75) is 31.8 Å². The van der Waals surface area contributed by atoms with Crippen molar-refractivity contribution >= 4 is 39.3 Å². The molecule has 7 heteroatoms. The minimum absolute atomic E-state index is 0.142. The monoisotopic (exact) mass is 370 g/mol. The van der Waals surface area contributed by atoms with Crippen molar-refractivity contribution in [3.8, 4) is 0 Å². The van der Waals surface area contributed by atoms with Crippen LogP contribution >= 0.6 is 27.3 Å². The normalized spacial score (nSPS) is 22.3. The molecule has 1 saturated carbocycles. The Morgan fingerprint density at radius 3 is 2.76 bits per heavy atom. The standard InChI is InChI=1S/C14H15BrN2O3S/c1-7-11(13(18)20-2)12(10-5-8(15)6-21-10)16-14(19)17(7)9-3-4-9/h5-6,9,12H,3-4H2,1-2H3,(H,16,19)/t12-/m0/s1. The first-order valence-corrected chi connectivity index (χ1v) is 8.33. The average molecular weight is 371 g/mol. The molecule has 2 heterocycles. The van der Waals surface area contributed by atoms with Gasteiger partial charge in [0.1, 0.15) is 0 Å². The maximum atomic E-state index is 12.4. The van der Waals surface area contributed by atoms with Gasteiger partial charge in [0.25, 0.3) is 0 Å². The van der Waals surface area contributed by atoms with Crippen molar-refractivity contribution in [3.05, 3.63) is 32.1 Å². The molecule has 0 saturated heterocycles. The molecule has 2 aliphatic rings. The number of rotatable bonds is 3. The molecule has 1 fully saturated rings. The number of carbonyl (C=O) groups excluding carboxylic acids is 2. The van der Waals surface area contributed by atoms with E-state index in [2.05, 4.69) is 21.2 Å². The molecule has 0 unspecified atom stereocenters. The third kappa shape index (κ3) is 2.60. The van der Waals surface area contributed by atoms with E-state index >= 15 is 0 Å². The number of amides is 2. The lowest BCUT2D eigenvalue weighted by Crippen LogP contribution is -2.48. The number of thiophene rings is 1. The summed E-state index contributed by atoms with van der Waals surface area (Å²) in [6.45, 7) is 1.82. The van der Waals surface area contributed by atoms with E-state index < -0.39 is 12.0 Å². The van der Waals surface area contributed by atoms with Crippen LogP contribution in [0, 0.1) is 0 Å². The van der Waals surface area contributed by atoms with Gasteiger partial charge in [-0.1, -0.05) is 0 Å². The Kier molecular flexibility index (Phi) is 3.79. The summed E-state index contributed by atoms with van der Waals surface area (Å²) in [6.07, 6.45) is 1.96. The van der Waals surface area contributed by atoms with Gasteiger partial charge in [-0.05, 0) is 41.8 Å². The molecule has 0 aromatic carbocycles. The van der Waals surface area contributed by atoms with Crippen LogP contribution in [0.4, 0.5) is 4.79 Å². The van der Waals surface area contributed by atoms with Gasteiger partial charge in [-0.25, -0.2) is 9.59 Å². The van der Waals surface area contributed by atoms with E-state index in [4.69, 9.17) is 4.74 Å². The highest BCUT2D eigenvalue weighted by Gasteiger charge is 2.42. The van der Waals surface area contributed by atoms with Gasteiger partial charge in [-0.3, -0.25) is 4.90 Å². The Balaban J connectivity index is 2.06. The van der Waals surface area contributed by atoms with Crippen LogP contribution in [0.25, 0.3) is 0 Å². The third-order valence-electron chi connectivity index (χ3n) is 3.72. The van der Waals surface area contributed by atoms with E-state index in [1.54, 1.807) is 4.90 Å². The largest absolute Gasteiger partial charge is 0.466 e. The van der Waals surface area contributed by atoms with E-state index in [0.717, 1.165) is 22.2 Å². The summed E-state index contributed by atoms with van der Waals surface area (Å²) >= 11 is 4.90. The Morgan fingerprint density at radius 1 is 1.52 bits per heavy atom. The van der Waals surface area contributed by atoms with Gasteiger partial charge in [0.05, 0.1) is 18.7 Å². The van der Waals surface area contributed by atoms with Crippen LogP contribution in [0.2, 0.25) is 0 Å². The number of esters is 1. The predicted octanol–water partition coefficient (Wildman–Crippen LogP) is 3.19. The molecule has 112 valence electrons. The zero-order chi connectivity index (χ0) is 15.1. The molecule has 5 nitrogen and oxygen atoms in total. The molecule has 1 aromatic heterocycles. The van der Waals surface area contributed by atoms with Gasteiger partial charge >= 0.3 is 12.0 Å². The fourth-order valence-electron chi connectivity index (χ4n) is 2.60. The van der Waals surface area contributed by atoms with Crippen molar-refractivity contribution in [2.75, 3.05) is 7.11 Å². The molecule has 0 spiro atoms. The molecule has 1 N–H and O–H groups in total. The second-order valence-corrected chi connectivity index (χ2v) is 7.00. The van der Waals surface area contributed by atoms with Gasteiger partial charge in [-0.15, -0.1) is 11.3 Å². The van der Waals surface area contributed by atoms with E-state index in [1.165, 1.54) is 18.4 Å². The molecule has 1 aliphatic heterocycles. The summed E-state index contributed by atoms with van der Waals surface area (Å²) < 4.78 is 5.85. The van der Waals surface area contributed by atoms with Crippen molar-refractivity contribution in [3.63, 3.8) is 0 Å². The third-order valence-corrected chi connectivity index (χ3v) is 5.47. The summed E-state index contributed by atoms with van der Waals surface area (Å²) in [6, 6.07) is 1.53. The number of ether oxygens (including phenoxy) is 1. The predicted molar refractivity (Wildman–Crippen MR) is 82.9 cm³/mol. The van der Waals surface area contributed by atoms with Crippen molar-refractivity contribution in [1.82, 2.24) is 10.2 Å². The SMILES string of the molecule is COC(=O)C1=C(C)N(C2CC2)C(=O)N[C@H]1c1cc(Br)cs1. The number of hydrogen-bond donors (Lipinski definition) is 1. The van der Waals surface area contributed by atoms with Crippen LogP contribution in [-0.4, -0.2) is 30.1 Å². The van der Waals surface area contributed by atoms with Crippen LogP contribution < -0.4 is 5.32 Å². The Labute approximate surface area is 135 Å². The lowest BCUT2D eigenvalue weighted by atomic mass is 10.0. The van der Waals surface area contributed by atoms with E-state index in [9.17, 15) is 9.59 Å². The summed E-state index contributed by atoms with van der Waals surface area (Å²) in [5.74, 6) is -0.396. The van der Waals surface area contributed by atoms with Gasteiger partial charge < -0.3 is 10.1 Å². The van der Waals surface area contributed by atoms with Crippen molar-refractivity contribution < 1.29 is 14.3 Å². The van der Waals surface area contributed by atoms with E-state index in [-0.39, 0.29) is 12.1 Å². The summed E-state index contributed by atoms with van der Waals surface area (Å²) in [7, 11) is 1.36. The quantitative estimate of drug-likeness (QED) is 0.831. The zero-order valence-corrected chi connectivity index (χ0v) is 14.1. The summed E-state index contributed by atoms with van der Waals surface area (Å²) in [5, 5.41) is 4.86. The number of nitrogens with zero attached hydrogens (tertiary/aromatic N) is 1. The topological polar surface area (TPSA) is 58.6 Å². The van der Waals surface area contributed by atoms with Gasteiger partial charge in [-0.2, -0.15) is 0 Å². The Morgan fingerprint density at radius 2 is 2.24 bits per heavy atom. The Hall–Kier alpha value is -1.34. The van der Waals surface area contributed by atoms with Crippen LogP contribution in [0.5, 0.6) is 0 Å². The molecule has 21 heavy (non-hydrogen) atoms. The van der Waals surface area contributed by atoms with Crippen LogP contribution in [0.3, 0.4) is 0 Å². The zero-order valence-electron chi connectivity index (χ0n) is 11.7. The second-order valence-electron chi connectivity index (χ2n) is 5.14. The summed E-state index contributed by atoms with van der Waals surface area (Å²) in [4.78, 5) is 27.1. The lowest BCUT2D eigenvalue weighted by molar-refractivity contribution is -0.136. The smallest absolute Gasteiger partial charge is 0.338 e. The Bertz CT molecular complexity index is 636. The molecule has 0 bridgehead atoms. The van der Waals surface area contributed by atoms with Crippen LogP contribution in [0.15, 0.2) is 27.2 Å².